The number of hydrogen-bond acceptors (Lipinski definition) is 0. The molecule has 0 aliphatic rings. The zero-order valence-electron chi connectivity index (χ0n) is 15.1. The summed E-state index contributed by atoms with van der Waals surface area (Å²) in [4.78, 5) is 0. The van der Waals surface area contributed by atoms with Crippen molar-refractivity contribution in [2.75, 3.05) is 0 Å². The summed E-state index contributed by atoms with van der Waals surface area (Å²) < 4.78 is 0. The molecule has 0 radical (unpaired) electrons. The summed E-state index contributed by atoms with van der Waals surface area (Å²) in [6, 6.07) is 0. The lowest BCUT2D eigenvalue weighted by Gasteiger charge is -2.23. The lowest BCUT2D eigenvalue weighted by molar-refractivity contribution is 0.284. The Kier molecular flexibility index (Phi) is 37.4. The van der Waals surface area contributed by atoms with Crippen LogP contribution in [0.3, 0.4) is 0 Å². The van der Waals surface area contributed by atoms with Crippen LogP contribution in [0.15, 0.2) is 12.7 Å². The van der Waals surface area contributed by atoms with Crippen LogP contribution in [0.25, 0.3) is 0 Å². The standard InChI is InChI=1S/C11H24.C3H6.2C2H6/c1-6-10(5)11(7-2)8-9(3)4;1-3-2;2*1-2/h9-11H,6-8H2,1-5H3;3H,1H2,2H3;2*1-2H3. The summed E-state index contributed by atoms with van der Waals surface area (Å²) in [5, 5.41) is 0. The molecule has 0 rings (SSSR count). The van der Waals surface area contributed by atoms with Gasteiger partial charge in [-0.05, 0) is 31.1 Å². The van der Waals surface area contributed by atoms with Gasteiger partial charge in [-0.15, -0.1) is 6.58 Å². The van der Waals surface area contributed by atoms with Crippen molar-refractivity contribution in [3.05, 3.63) is 12.7 Å². The summed E-state index contributed by atoms with van der Waals surface area (Å²) in [6.07, 6.45) is 5.85. The first kappa shape index (κ1) is 26.3. The minimum atomic E-state index is 0.869. The van der Waals surface area contributed by atoms with Crippen LogP contribution in [0.1, 0.15) is 88.5 Å². The van der Waals surface area contributed by atoms with Gasteiger partial charge >= 0.3 is 0 Å². The zero-order valence-corrected chi connectivity index (χ0v) is 15.1. The molecule has 2 unspecified atom stereocenters. The number of hydrogen-bond donors (Lipinski definition) is 0. The van der Waals surface area contributed by atoms with Crippen molar-refractivity contribution < 1.29 is 0 Å². The predicted octanol–water partition coefficient (Wildman–Crippen LogP) is 7.35. The van der Waals surface area contributed by atoms with Crippen LogP contribution in [0.5, 0.6) is 0 Å². The largest absolute Gasteiger partial charge is 0.103 e. The number of allylic oxidation sites excluding steroid dienone is 1. The van der Waals surface area contributed by atoms with Gasteiger partial charge in [0.05, 0.1) is 0 Å². The highest BCUT2D eigenvalue weighted by Gasteiger charge is 2.14. The van der Waals surface area contributed by atoms with E-state index in [2.05, 4.69) is 41.2 Å². The third kappa shape index (κ3) is 24.8. The van der Waals surface area contributed by atoms with E-state index in [1.165, 1.54) is 19.3 Å². The summed E-state index contributed by atoms with van der Waals surface area (Å²) in [5.41, 5.74) is 0. The van der Waals surface area contributed by atoms with Gasteiger partial charge in [0.1, 0.15) is 0 Å². The average molecular weight is 259 g/mol. The van der Waals surface area contributed by atoms with Crippen LogP contribution in [0, 0.1) is 17.8 Å². The van der Waals surface area contributed by atoms with E-state index >= 15 is 0 Å². The van der Waals surface area contributed by atoms with E-state index in [9.17, 15) is 0 Å². The van der Waals surface area contributed by atoms with Crippen molar-refractivity contribution in [3.63, 3.8) is 0 Å². The Labute approximate surface area is 119 Å². The Morgan fingerprint density at radius 1 is 0.889 bits per heavy atom. The molecule has 0 aliphatic heterocycles. The van der Waals surface area contributed by atoms with E-state index in [0.717, 1.165) is 17.8 Å². The molecule has 0 aromatic heterocycles. The number of rotatable bonds is 5. The lowest BCUT2D eigenvalue weighted by Crippen LogP contribution is -2.12. The van der Waals surface area contributed by atoms with Crippen LogP contribution < -0.4 is 0 Å². The second-order valence-electron chi connectivity index (χ2n) is 4.59. The Balaban J connectivity index is -0.000000118. The molecule has 0 amide bonds. The second-order valence-corrected chi connectivity index (χ2v) is 4.59. The lowest BCUT2D eigenvalue weighted by atomic mass is 9.83. The van der Waals surface area contributed by atoms with Crippen LogP contribution in [0.2, 0.25) is 0 Å². The molecule has 2 atom stereocenters. The Morgan fingerprint density at radius 3 is 1.39 bits per heavy atom. The van der Waals surface area contributed by atoms with Gasteiger partial charge in [0.15, 0.2) is 0 Å². The summed E-state index contributed by atoms with van der Waals surface area (Å²) in [7, 11) is 0. The minimum Gasteiger partial charge on any atom is -0.103 e. The highest BCUT2D eigenvalue weighted by Crippen LogP contribution is 2.25. The Hall–Kier alpha value is -0.260. The second kappa shape index (κ2) is 25.6. The van der Waals surface area contributed by atoms with E-state index in [-0.39, 0.29) is 0 Å². The van der Waals surface area contributed by atoms with Crippen molar-refractivity contribution in [2.45, 2.75) is 88.5 Å². The quantitative estimate of drug-likeness (QED) is 0.452. The van der Waals surface area contributed by atoms with Gasteiger partial charge in [0.25, 0.3) is 0 Å². The van der Waals surface area contributed by atoms with Crippen molar-refractivity contribution in [3.8, 4) is 0 Å². The topological polar surface area (TPSA) is 0 Å². The highest BCUT2D eigenvalue weighted by molar-refractivity contribution is 4.65. The van der Waals surface area contributed by atoms with Crippen LogP contribution >= 0.6 is 0 Å². The first-order valence-corrected chi connectivity index (χ1v) is 8.10. The fourth-order valence-electron chi connectivity index (χ4n) is 1.74. The van der Waals surface area contributed by atoms with E-state index in [1.807, 2.05) is 34.6 Å². The zero-order chi connectivity index (χ0) is 15.6. The summed E-state index contributed by atoms with van der Waals surface area (Å²) in [5.74, 6) is 2.75. The van der Waals surface area contributed by atoms with Crippen molar-refractivity contribution in [1.82, 2.24) is 0 Å². The van der Waals surface area contributed by atoms with Crippen LogP contribution in [-0.4, -0.2) is 0 Å². The molecule has 0 nitrogen and oxygen atoms in total. The molecule has 0 fully saturated rings. The Morgan fingerprint density at radius 2 is 1.22 bits per heavy atom. The molecule has 114 valence electrons. The fraction of sp³-hybridized carbons (Fsp3) is 0.889. The van der Waals surface area contributed by atoms with Gasteiger partial charge in [-0.1, -0.05) is 81.2 Å². The van der Waals surface area contributed by atoms with Crippen LogP contribution in [-0.2, 0) is 0 Å². The molecular weight excluding hydrogens is 216 g/mol. The van der Waals surface area contributed by atoms with Gasteiger partial charge in [0.2, 0.25) is 0 Å². The van der Waals surface area contributed by atoms with E-state index in [0.29, 0.717) is 0 Å². The minimum absolute atomic E-state index is 0.869. The fourth-order valence-corrected chi connectivity index (χ4v) is 1.74. The van der Waals surface area contributed by atoms with Crippen molar-refractivity contribution in [1.29, 1.82) is 0 Å². The third-order valence-electron chi connectivity index (χ3n) is 2.75. The molecular formula is C18H42. The SMILES string of the molecule is C=CC.CC.CC.CCC(C)C(CC)CC(C)C. The van der Waals surface area contributed by atoms with Gasteiger partial charge in [0, 0.05) is 0 Å². The third-order valence-corrected chi connectivity index (χ3v) is 2.75. The molecule has 0 saturated carbocycles. The van der Waals surface area contributed by atoms with Crippen LogP contribution in [0.4, 0.5) is 0 Å². The molecule has 0 saturated heterocycles. The average Bonchev–Trinajstić information content (AvgIpc) is 2.40. The molecule has 0 aromatic rings. The molecule has 0 bridgehead atoms. The maximum absolute atomic E-state index is 3.36. The van der Waals surface area contributed by atoms with E-state index in [1.54, 1.807) is 6.08 Å². The molecule has 0 N–H and O–H groups in total. The molecule has 0 spiro atoms. The summed E-state index contributed by atoms with van der Waals surface area (Å²) in [6.45, 7) is 24.9. The molecule has 18 heavy (non-hydrogen) atoms. The molecule has 0 aliphatic carbocycles. The van der Waals surface area contributed by atoms with Gasteiger partial charge in [-0.3, -0.25) is 0 Å². The predicted molar refractivity (Wildman–Crippen MR) is 91.3 cm³/mol. The monoisotopic (exact) mass is 258 g/mol. The molecule has 0 heterocycles. The van der Waals surface area contributed by atoms with E-state index < -0.39 is 0 Å². The first-order valence-electron chi connectivity index (χ1n) is 8.10. The Bertz CT molecular complexity index is 113. The van der Waals surface area contributed by atoms with Gasteiger partial charge in [-0.2, -0.15) is 0 Å². The maximum atomic E-state index is 3.36. The molecule has 0 heteroatoms. The first-order chi connectivity index (χ1) is 8.53. The van der Waals surface area contributed by atoms with Crippen molar-refractivity contribution >= 4 is 0 Å². The normalized spacial score (nSPS) is 11.7. The smallest absolute Gasteiger partial charge is 0.0389 e. The highest BCUT2D eigenvalue weighted by atomic mass is 14.2. The van der Waals surface area contributed by atoms with Gasteiger partial charge < -0.3 is 0 Å². The van der Waals surface area contributed by atoms with Crippen molar-refractivity contribution in [2.24, 2.45) is 17.8 Å². The summed E-state index contributed by atoms with van der Waals surface area (Å²) >= 11 is 0. The molecule has 0 aromatic carbocycles. The van der Waals surface area contributed by atoms with E-state index in [4.69, 9.17) is 0 Å². The van der Waals surface area contributed by atoms with Gasteiger partial charge in [-0.25, -0.2) is 0 Å². The maximum Gasteiger partial charge on any atom is -0.0389 e.